The Morgan fingerprint density at radius 2 is 1.71 bits per heavy atom. The van der Waals surface area contributed by atoms with Gasteiger partial charge in [-0.15, -0.1) is 0 Å². The van der Waals surface area contributed by atoms with E-state index in [0.29, 0.717) is 32.0 Å². The van der Waals surface area contributed by atoms with Crippen LogP contribution in [0.1, 0.15) is 12.8 Å². The highest BCUT2D eigenvalue weighted by Gasteiger charge is 2.39. The Labute approximate surface area is 123 Å². The summed E-state index contributed by atoms with van der Waals surface area (Å²) >= 11 is 0. The summed E-state index contributed by atoms with van der Waals surface area (Å²) in [5.74, 6) is -0.459. The zero-order valence-electron chi connectivity index (χ0n) is 11.6. The Kier molecular flexibility index (Phi) is 3.56. The number of nitrogen functional groups attached to an aromatic ring is 1. The molecule has 0 saturated carbocycles. The smallest absolute Gasteiger partial charge is 0.238 e. The van der Waals surface area contributed by atoms with Gasteiger partial charge in [0, 0.05) is 37.3 Å². The van der Waals surface area contributed by atoms with Crippen LogP contribution in [-0.4, -0.2) is 40.5 Å². The second-order valence-corrected chi connectivity index (χ2v) is 6.96. The minimum absolute atomic E-state index is 0.0335. The number of hydrogen-bond donors (Lipinski definition) is 2. The summed E-state index contributed by atoms with van der Waals surface area (Å²) in [4.78, 5) is 2.10. The topological polar surface area (TPSA) is 108 Å². The lowest BCUT2D eigenvalue weighted by atomic mass is 10.0. The molecule has 1 aromatic rings. The van der Waals surface area contributed by atoms with Crippen molar-refractivity contribution in [1.29, 1.82) is 0 Å². The van der Waals surface area contributed by atoms with Crippen LogP contribution >= 0.6 is 0 Å². The van der Waals surface area contributed by atoms with Gasteiger partial charge in [-0.2, -0.15) is 0 Å². The van der Waals surface area contributed by atoms with Gasteiger partial charge in [-0.05, 0) is 18.2 Å². The molecular formula is C13H19N3O4S. The van der Waals surface area contributed by atoms with E-state index < -0.39 is 15.8 Å². The van der Waals surface area contributed by atoms with Gasteiger partial charge in [0.05, 0.1) is 18.1 Å². The van der Waals surface area contributed by atoms with E-state index >= 15 is 0 Å². The lowest BCUT2D eigenvalue weighted by Crippen LogP contribution is -2.45. The maximum Gasteiger partial charge on any atom is 0.238 e. The molecule has 0 aliphatic carbocycles. The third kappa shape index (κ3) is 2.98. The van der Waals surface area contributed by atoms with Crippen LogP contribution in [0.25, 0.3) is 0 Å². The highest BCUT2D eigenvalue weighted by Crippen LogP contribution is 2.34. The number of piperidine rings is 1. The molecule has 0 radical (unpaired) electrons. The first-order chi connectivity index (χ1) is 9.88. The van der Waals surface area contributed by atoms with Crippen molar-refractivity contribution in [3.63, 3.8) is 0 Å². The first kappa shape index (κ1) is 14.6. The van der Waals surface area contributed by atoms with Crippen molar-refractivity contribution >= 4 is 21.4 Å². The SMILES string of the molecule is Nc1cc(N2CCC3(CC2)OCCO3)cc(S(N)(=O)=O)c1. The van der Waals surface area contributed by atoms with Crippen molar-refractivity contribution in [3.05, 3.63) is 18.2 Å². The molecule has 2 saturated heterocycles. The third-order valence-corrected chi connectivity index (χ3v) is 4.84. The van der Waals surface area contributed by atoms with E-state index in [1.54, 1.807) is 12.1 Å². The predicted molar refractivity (Wildman–Crippen MR) is 78.3 cm³/mol. The first-order valence-corrected chi connectivity index (χ1v) is 8.39. The Bertz CT molecular complexity index is 631. The van der Waals surface area contributed by atoms with Crippen molar-refractivity contribution in [3.8, 4) is 0 Å². The molecule has 2 fully saturated rings. The average Bonchev–Trinajstić information content (AvgIpc) is 2.86. The number of sulfonamides is 1. The predicted octanol–water partition coefficient (Wildman–Crippen LogP) is 0.260. The van der Waals surface area contributed by atoms with Gasteiger partial charge in [0.1, 0.15) is 0 Å². The summed E-state index contributed by atoms with van der Waals surface area (Å²) in [6.07, 6.45) is 1.49. The fourth-order valence-electron chi connectivity index (χ4n) is 2.84. The molecule has 0 aromatic heterocycles. The zero-order valence-corrected chi connectivity index (χ0v) is 12.4. The van der Waals surface area contributed by atoms with Crippen molar-refractivity contribution in [2.24, 2.45) is 5.14 Å². The number of anilines is 2. The molecule has 4 N–H and O–H groups in total. The monoisotopic (exact) mass is 313 g/mol. The molecule has 1 spiro atoms. The van der Waals surface area contributed by atoms with Gasteiger partial charge in [-0.3, -0.25) is 0 Å². The second kappa shape index (κ2) is 5.13. The van der Waals surface area contributed by atoms with Crippen molar-refractivity contribution < 1.29 is 17.9 Å². The Hall–Kier alpha value is -1.35. The summed E-state index contributed by atoms with van der Waals surface area (Å²) in [5.41, 5.74) is 6.92. The summed E-state index contributed by atoms with van der Waals surface area (Å²) < 4.78 is 34.3. The Balaban J connectivity index is 1.80. The van der Waals surface area contributed by atoms with Gasteiger partial charge in [0.15, 0.2) is 5.79 Å². The third-order valence-electron chi connectivity index (χ3n) is 3.95. The molecule has 8 heteroatoms. The van der Waals surface area contributed by atoms with E-state index in [2.05, 4.69) is 4.90 Å². The van der Waals surface area contributed by atoms with Crippen LogP contribution in [-0.2, 0) is 19.5 Å². The van der Waals surface area contributed by atoms with Crippen molar-refractivity contribution in [2.45, 2.75) is 23.5 Å². The van der Waals surface area contributed by atoms with E-state index in [9.17, 15) is 8.42 Å². The Morgan fingerprint density at radius 3 is 2.29 bits per heavy atom. The Morgan fingerprint density at radius 1 is 1.10 bits per heavy atom. The molecule has 2 aliphatic heterocycles. The maximum absolute atomic E-state index is 11.5. The molecular weight excluding hydrogens is 294 g/mol. The van der Waals surface area contributed by atoms with Crippen LogP contribution < -0.4 is 15.8 Å². The second-order valence-electron chi connectivity index (χ2n) is 5.40. The van der Waals surface area contributed by atoms with Crippen LogP contribution in [0.4, 0.5) is 11.4 Å². The highest BCUT2D eigenvalue weighted by molar-refractivity contribution is 7.89. The van der Waals surface area contributed by atoms with Gasteiger partial charge in [-0.1, -0.05) is 0 Å². The number of rotatable bonds is 2. The standard InChI is InChI=1S/C13H19N3O4S/c14-10-7-11(9-12(8-10)21(15,17)18)16-3-1-13(2-4-16)19-5-6-20-13/h7-9H,1-6,14H2,(H2,15,17,18). The molecule has 21 heavy (non-hydrogen) atoms. The van der Waals surface area contributed by atoms with Crippen LogP contribution in [0, 0.1) is 0 Å². The molecule has 0 bridgehead atoms. The summed E-state index contributed by atoms with van der Waals surface area (Å²) in [5, 5.41) is 5.18. The van der Waals surface area contributed by atoms with Crippen LogP contribution in [0.3, 0.4) is 0 Å². The number of ether oxygens (including phenoxy) is 2. The maximum atomic E-state index is 11.5. The van der Waals surface area contributed by atoms with Gasteiger partial charge in [-0.25, -0.2) is 13.6 Å². The zero-order chi connectivity index (χ0) is 15.1. The van der Waals surface area contributed by atoms with Gasteiger partial charge < -0.3 is 20.1 Å². The van der Waals surface area contributed by atoms with Gasteiger partial charge in [0.2, 0.25) is 10.0 Å². The molecule has 116 valence electrons. The number of hydrogen-bond acceptors (Lipinski definition) is 6. The largest absolute Gasteiger partial charge is 0.399 e. The van der Waals surface area contributed by atoms with Gasteiger partial charge >= 0.3 is 0 Å². The number of nitrogens with two attached hydrogens (primary N) is 2. The quantitative estimate of drug-likeness (QED) is 0.758. The first-order valence-electron chi connectivity index (χ1n) is 6.84. The van der Waals surface area contributed by atoms with Crippen LogP contribution in [0.15, 0.2) is 23.1 Å². The fourth-order valence-corrected chi connectivity index (χ4v) is 3.43. The summed E-state index contributed by atoms with van der Waals surface area (Å²) in [6.45, 7) is 2.70. The molecule has 7 nitrogen and oxygen atoms in total. The fraction of sp³-hybridized carbons (Fsp3) is 0.538. The molecule has 1 aromatic carbocycles. The summed E-state index contributed by atoms with van der Waals surface area (Å²) in [7, 11) is -3.76. The van der Waals surface area contributed by atoms with E-state index in [0.717, 1.165) is 18.5 Å². The van der Waals surface area contributed by atoms with E-state index in [4.69, 9.17) is 20.3 Å². The van der Waals surface area contributed by atoms with E-state index in [1.165, 1.54) is 6.07 Å². The molecule has 2 heterocycles. The highest BCUT2D eigenvalue weighted by atomic mass is 32.2. The van der Waals surface area contributed by atoms with E-state index in [-0.39, 0.29) is 4.90 Å². The normalized spacial score (nSPS) is 21.9. The van der Waals surface area contributed by atoms with E-state index in [1.807, 2.05) is 0 Å². The number of nitrogens with zero attached hydrogens (tertiary/aromatic N) is 1. The number of benzene rings is 1. The molecule has 0 atom stereocenters. The van der Waals surface area contributed by atoms with Crippen LogP contribution in [0.2, 0.25) is 0 Å². The van der Waals surface area contributed by atoms with Crippen molar-refractivity contribution in [1.82, 2.24) is 0 Å². The minimum Gasteiger partial charge on any atom is -0.399 e. The lowest BCUT2D eigenvalue weighted by molar-refractivity contribution is -0.169. The molecule has 0 amide bonds. The van der Waals surface area contributed by atoms with Crippen LogP contribution in [0.5, 0.6) is 0 Å². The lowest BCUT2D eigenvalue weighted by Gasteiger charge is -2.38. The summed E-state index contributed by atoms with van der Waals surface area (Å²) in [6, 6.07) is 4.68. The van der Waals surface area contributed by atoms with Gasteiger partial charge in [0.25, 0.3) is 0 Å². The molecule has 0 unspecified atom stereocenters. The average molecular weight is 313 g/mol. The number of primary sulfonamides is 1. The molecule has 2 aliphatic rings. The molecule has 3 rings (SSSR count). The van der Waals surface area contributed by atoms with Crippen molar-refractivity contribution in [2.75, 3.05) is 36.9 Å². The minimum atomic E-state index is -3.76.